The molecule has 0 saturated heterocycles. The molecule has 15 heavy (non-hydrogen) atoms. The molecule has 0 bridgehead atoms. The van der Waals surface area contributed by atoms with Gasteiger partial charge in [0.1, 0.15) is 0 Å². The van der Waals surface area contributed by atoms with Crippen LogP contribution in [-0.2, 0) is 0 Å². The quantitative estimate of drug-likeness (QED) is 0.725. The van der Waals surface area contributed by atoms with E-state index in [1.54, 1.807) is 18.3 Å². The topological polar surface area (TPSA) is 58.9 Å². The Morgan fingerprint density at radius 2 is 1.87 bits per heavy atom. The van der Waals surface area contributed by atoms with E-state index < -0.39 is 0 Å². The van der Waals surface area contributed by atoms with Crippen LogP contribution in [0.25, 0.3) is 11.1 Å². The van der Waals surface area contributed by atoms with Gasteiger partial charge in [0.2, 0.25) is 5.56 Å². The third kappa shape index (κ3) is 2.02. The molecular weight excluding hydrogens is 212 g/mol. The predicted molar refractivity (Wildman–Crippen MR) is 61.9 cm³/mol. The molecule has 0 radical (unpaired) electrons. The molecule has 0 saturated carbocycles. The Kier molecular flexibility index (Phi) is 2.47. The Morgan fingerprint density at radius 3 is 2.53 bits per heavy atom. The van der Waals surface area contributed by atoms with Gasteiger partial charge in [-0.05, 0) is 29.3 Å². The van der Waals surface area contributed by atoms with Crippen LogP contribution in [-0.4, -0.2) is 4.98 Å². The van der Waals surface area contributed by atoms with E-state index in [1.807, 2.05) is 12.1 Å². The number of hydrogen-bond acceptors (Lipinski definition) is 2. The Hall–Kier alpha value is -1.74. The summed E-state index contributed by atoms with van der Waals surface area (Å²) in [6.45, 7) is 0. The van der Waals surface area contributed by atoms with Gasteiger partial charge in [0, 0.05) is 12.3 Å². The highest BCUT2D eigenvalue weighted by atomic mass is 35.5. The number of nitrogens with two attached hydrogens (primary N) is 1. The summed E-state index contributed by atoms with van der Waals surface area (Å²) in [6.07, 6.45) is 1.60. The van der Waals surface area contributed by atoms with Crippen molar-refractivity contribution in [2.75, 3.05) is 5.73 Å². The van der Waals surface area contributed by atoms with Gasteiger partial charge < -0.3 is 10.7 Å². The second-order valence-electron chi connectivity index (χ2n) is 3.18. The summed E-state index contributed by atoms with van der Waals surface area (Å²) < 4.78 is 0. The van der Waals surface area contributed by atoms with Gasteiger partial charge in [-0.1, -0.05) is 17.7 Å². The summed E-state index contributed by atoms with van der Waals surface area (Å²) >= 11 is 5.81. The van der Waals surface area contributed by atoms with Crippen LogP contribution in [0, 0.1) is 0 Å². The molecule has 0 amide bonds. The molecule has 4 heteroatoms. The Labute approximate surface area is 91.5 Å². The molecule has 0 spiro atoms. The minimum Gasteiger partial charge on any atom is -0.398 e. The van der Waals surface area contributed by atoms with Crippen LogP contribution < -0.4 is 11.3 Å². The number of rotatable bonds is 1. The number of aromatic amines is 1. The third-order valence-electron chi connectivity index (χ3n) is 2.10. The minimum atomic E-state index is -0.138. The molecule has 1 aromatic carbocycles. The summed E-state index contributed by atoms with van der Waals surface area (Å²) in [5.74, 6) is 0. The highest BCUT2D eigenvalue weighted by molar-refractivity contribution is 6.33. The van der Waals surface area contributed by atoms with Gasteiger partial charge in [0.25, 0.3) is 0 Å². The lowest BCUT2D eigenvalue weighted by molar-refractivity contribution is 1.24. The zero-order valence-corrected chi connectivity index (χ0v) is 8.58. The molecule has 0 aliphatic rings. The summed E-state index contributed by atoms with van der Waals surface area (Å²) in [6, 6.07) is 8.62. The molecule has 3 N–H and O–H groups in total. The fraction of sp³-hybridized carbons (Fsp3) is 0. The fourth-order valence-electron chi connectivity index (χ4n) is 1.35. The van der Waals surface area contributed by atoms with Crippen molar-refractivity contribution < 1.29 is 0 Å². The molecular formula is C11H9ClN2O. The molecule has 2 aromatic rings. The largest absolute Gasteiger partial charge is 0.398 e. The summed E-state index contributed by atoms with van der Waals surface area (Å²) in [4.78, 5) is 13.7. The normalized spacial score (nSPS) is 10.2. The first-order valence-electron chi connectivity index (χ1n) is 4.41. The summed E-state index contributed by atoms with van der Waals surface area (Å²) in [5, 5.41) is 0.517. The van der Waals surface area contributed by atoms with Crippen molar-refractivity contribution in [2.45, 2.75) is 0 Å². The number of anilines is 1. The van der Waals surface area contributed by atoms with E-state index in [0.29, 0.717) is 10.7 Å². The van der Waals surface area contributed by atoms with E-state index in [2.05, 4.69) is 4.98 Å². The average Bonchev–Trinajstić information content (AvgIpc) is 2.22. The second kappa shape index (κ2) is 3.79. The van der Waals surface area contributed by atoms with Crippen LogP contribution in [0.2, 0.25) is 5.02 Å². The standard InChI is InChI=1S/C11H9ClN2O/c12-9-2-1-7(5-10(9)13)8-3-4-14-11(15)6-8/h1-6H,13H2,(H,14,15). The van der Waals surface area contributed by atoms with E-state index in [-0.39, 0.29) is 5.56 Å². The smallest absolute Gasteiger partial charge is 0.248 e. The lowest BCUT2D eigenvalue weighted by Gasteiger charge is -2.03. The monoisotopic (exact) mass is 220 g/mol. The van der Waals surface area contributed by atoms with Gasteiger partial charge in [-0.15, -0.1) is 0 Å². The van der Waals surface area contributed by atoms with E-state index in [1.165, 1.54) is 6.07 Å². The number of pyridine rings is 1. The number of aromatic nitrogens is 1. The van der Waals surface area contributed by atoms with Gasteiger partial charge in [-0.3, -0.25) is 4.79 Å². The number of halogens is 1. The molecule has 2 rings (SSSR count). The molecule has 0 fully saturated rings. The van der Waals surface area contributed by atoms with Crippen molar-refractivity contribution in [3.63, 3.8) is 0 Å². The number of H-pyrrole nitrogens is 1. The summed E-state index contributed by atoms with van der Waals surface area (Å²) in [7, 11) is 0. The van der Waals surface area contributed by atoms with Crippen molar-refractivity contribution in [1.82, 2.24) is 4.98 Å². The van der Waals surface area contributed by atoms with Gasteiger partial charge in [0.15, 0.2) is 0 Å². The number of hydrogen-bond donors (Lipinski definition) is 2. The van der Waals surface area contributed by atoms with Crippen molar-refractivity contribution in [1.29, 1.82) is 0 Å². The second-order valence-corrected chi connectivity index (χ2v) is 3.59. The first-order valence-corrected chi connectivity index (χ1v) is 4.79. The molecule has 3 nitrogen and oxygen atoms in total. The lowest BCUT2D eigenvalue weighted by atomic mass is 10.1. The summed E-state index contributed by atoms with van der Waals surface area (Å²) in [5.41, 5.74) is 7.75. The van der Waals surface area contributed by atoms with E-state index in [4.69, 9.17) is 17.3 Å². The number of nitrogen functional groups attached to an aromatic ring is 1. The fourth-order valence-corrected chi connectivity index (χ4v) is 1.47. The predicted octanol–water partition coefficient (Wildman–Crippen LogP) is 2.28. The Bertz CT molecular complexity index is 548. The van der Waals surface area contributed by atoms with Crippen molar-refractivity contribution >= 4 is 17.3 Å². The third-order valence-corrected chi connectivity index (χ3v) is 2.45. The molecule has 0 unspecified atom stereocenters. The van der Waals surface area contributed by atoms with Crippen LogP contribution in [0.4, 0.5) is 5.69 Å². The number of nitrogens with one attached hydrogen (secondary N) is 1. The van der Waals surface area contributed by atoms with Gasteiger partial charge in [0.05, 0.1) is 10.7 Å². The molecule has 76 valence electrons. The highest BCUT2D eigenvalue weighted by Gasteiger charge is 2.01. The minimum absolute atomic E-state index is 0.138. The van der Waals surface area contributed by atoms with E-state index in [0.717, 1.165) is 11.1 Å². The maximum absolute atomic E-state index is 11.1. The van der Waals surface area contributed by atoms with Crippen LogP contribution in [0.3, 0.4) is 0 Å². The average molecular weight is 221 g/mol. The zero-order valence-electron chi connectivity index (χ0n) is 7.83. The SMILES string of the molecule is Nc1cc(-c2cc[nH]c(=O)c2)ccc1Cl. The molecule has 0 atom stereocenters. The maximum atomic E-state index is 11.1. The van der Waals surface area contributed by atoms with Crippen molar-refractivity contribution in [3.8, 4) is 11.1 Å². The molecule has 1 heterocycles. The molecule has 1 aromatic heterocycles. The van der Waals surface area contributed by atoms with Crippen LogP contribution in [0.5, 0.6) is 0 Å². The zero-order chi connectivity index (χ0) is 10.8. The first kappa shape index (κ1) is 9.80. The Balaban J connectivity index is 2.55. The molecule has 0 aliphatic heterocycles. The Morgan fingerprint density at radius 1 is 1.13 bits per heavy atom. The lowest BCUT2D eigenvalue weighted by Crippen LogP contribution is -2.02. The molecule has 0 aliphatic carbocycles. The van der Waals surface area contributed by atoms with Crippen LogP contribution in [0.15, 0.2) is 41.3 Å². The van der Waals surface area contributed by atoms with Crippen LogP contribution >= 0.6 is 11.6 Å². The maximum Gasteiger partial charge on any atom is 0.248 e. The number of benzene rings is 1. The van der Waals surface area contributed by atoms with E-state index >= 15 is 0 Å². The van der Waals surface area contributed by atoms with Crippen LogP contribution in [0.1, 0.15) is 0 Å². The first-order chi connectivity index (χ1) is 7.16. The van der Waals surface area contributed by atoms with Crippen molar-refractivity contribution in [3.05, 3.63) is 51.9 Å². The van der Waals surface area contributed by atoms with Gasteiger partial charge in [-0.25, -0.2) is 0 Å². The van der Waals surface area contributed by atoms with Gasteiger partial charge in [-0.2, -0.15) is 0 Å². The van der Waals surface area contributed by atoms with Crippen molar-refractivity contribution in [2.24, 2.45) is 0 Å². The van der Waals surface area contributed by atoms with E-state index in [9.17, 15) is 4.79 Å². The van der Waals surface area contributed by atoms with Gasteiger partial charge >= 0.3 is 0 Å². The highest BCUT2D eigenvalue weighted by Crippen LogP contribution is 2.25.